The Balaban J connectivity index is 2.39. The van der Waals surface area contributed by atoms with E-state index in [1.165, 1.54) is 0 Å². The van der Waals surface area contributed by atoms with Gasteiger partial charge in [-0.1, -0.05) is 0 Å². The monoisotopic (exact) mass is 212 g/mol. The molecule has 0 amide bonds. The first-order valence-corrected chi connectivity index (χ1v) is 5.29. The van der Waals surface area contributed by atoms with Gasteiger partial charge in [0.05, 0.1) is 11.8 Å². The molecule has 86 valence electrons. The molecule has 0 aliphatic rings. The molecule has 15 heavy (non-hydrogen) atoms. The number of rotatable bonds is 5. The molecule has 0 atom stereocenters. The lowest BCUT2D eigenvalue weighted by atomic mass is 10.2. The van der Waals surface area contributed by atoms with Crippen LogP contribution in [0.5, 0.6) is 0 Å². The highest BCUT2D eigenvalue weighted by molar-refractivity contribution is 4.93. The highest BCUT2D eigenvalue weighted by Crippen LogP contribution is 2.13. The van der Waals surface area contributed by atoms with Gasteiger partial charge in [0.15, 0.2) is 5.89 Å². The van der Waals surface area contributed by atoms with Crippen molar-refractivity contribution in [1.82, 2.24) is 4.98 Å². The summed E-state index contributed by atoms with van der Waals surface area (Å²) in [5.41, 5.74) is 5.26. The fourth-order valence-corrected chi connectivity index (χ4v) is 1.07. The average molecular weight is 212 g/mol. The van der Waals surface area contributed by atoms with E-state index in [0.29, 0.717) is 13.2 Å². The third-order valence-corrected chi connectivity index (χ3v) is 1.84. The van der Waals surface area contributed by atoms with Crippen LogP contribution in [0.25, 0.3) is 0 Å². The summed E-state index contributed by atoms with van der Waals surface area (Å²) in [5.74, 6) is 1.52. The molecule has 4 heteroatoms. The van der Waals surface area contributed by atoms with Crippen molar-refractivity contribution in [3.8, 4) is 0 Å². The van der Waals surface area contributed by atoms with Crippen molar-refractivity contribution in [3.05, 3.63) is 17.8 Å². The van der Waals surface area contributed by atoms with Crippen LogP contribution in [0.1, 0.15) is 38.8 Å². The standard InChI is InChI=1S/C11H20N2O2/c1-11(2,3)14-8-9-7-13-10(15-9)5-4-6-12/h7H,4-6,8,12H2,1-3H3. The van der Waals surface area contributed by atoms with Crippen LogP contribution in [0.2, 0.25) is 0 Å². The molecule has 0 aromatic carbocycles. The van der Waals surface area contributed by atoms with Gasteiger partial charge in [0.2, 0.25) is 0 Å². The average Bonchev–Trinajstić information content (AvgIpc) is 2.58. The molecule has 0 radical (unpaired) electrons. The van der Waals surface area contributed by atoms with E-state index in [0.717, 1.165) is 24.5 Å². The Hall–Kier alpha value is -0.870. The molecule has 2 N–H and O–H groups in total. The SMILES string of the molecule is CC(C)(C)OCc1cnc(CCCN)o1. The largest absolute Gasteiger partial charge is 0.443 e. The van der Waals surface area contributed by atoms with E-state index < -0.39 is 0 Å². The Bertz CT molecular complexity index is 289. The summed E-state index contributed by atoms with van der Waals surface area (Å²) in [5, 5.41) is 0. The van der Waals surface area contributed by atoms with Crippen LogP contribution in [-0.2, 0) is 17.8 Å². The minimum Gasteiger partial charge on any atom is -0.443 e. The van der Waals surface area contributed by atoms with Crippen LogP contribution in [-0.4, -0.2) is 17.1 Å². The molecule has 0 aliphatic heterocycles. The van der Waals surface area contributed by atoms with Crippen molar-refractivity contribution < 1.29 is 9.15 Å². The van der Waals surface area contributed by atoms with Crippen molar-refractivity contribution in [2.24, 2.45) is 5.73 Å². The minimum atomic E-state index is -0.149. The smallest absolute Gasteiger partial charge is 0.194 e. The maximum atomic E-state index is 5.57. The quantitative estimate of drug-likeness (QED) is 0.809. The van der Waals surface area contributed by atoms with Crippen molar-refractivity contribution >= 4 is 0 Å². The van der Waals surface area contributed by atoms with E-state index in [1.54, 1.807) is 6.20 Å². The molecule has 4 nitrogen and oxygen atoms in total. The van der Waals surface area contributed by atoms with E-state index >= 15 is 0 Å². The van der Waals surface area contributed by atoms with Crippen molar-refractivity contribution in [2.45, 2.75) is 45.8 Å². The summed E-state index contributed by atoms with van der Waals surface area (Å²) in [4.78, 5) is 4.15. The first-order valence-electron chi connectivity index (χ1n) is 5.29. The molecule has 1 aromatic rings. The van der Waals surface area contributed by atoms with Crippen LogP contribution in [0.3, 0.4) is 0 Å². The predicted molar refractivity (Wildman–Crippen MR) is 58.4 cm³/mol. The zero-order valence-corrected chi connectivity index (χ0v) is 9.75. The number of oxazole rings is 1. The predicted octanol–water partition coefficient (Wildman–Crippen LogP) is 1.88. The highest BCUT2D eigenvalue weighted by atomic mass is 16.5. The Labute approximate surface area is 90.8 Å². The first-order chi connectivity index (χ1) is 7.01. The number of ether oxygens (including phenoxy) is 1. The van der Waals surface area contributed by atoms with Crippen molar-refractivity contribution in [1.29, 1.82) is 0 Å². The van der Waals surface area contributed by atoms with Crippen molar-refractivity contribution in [2.75, 3.05) is 6.54 Å². The van der Waals surface area contributed by atoms with E-state index in [4.69, 9.17) is 14.9 Å². The normalized spacial score (nSPS) is 12.0. The third-order valence-electron chi connectivity index (χ3n) is 1.84. The summed E-state index contributed by atoms with van der Waals surface area (Å²) in [6.45, 7) is 7.17. The van der Waals surface area contributed by atoms with Crippen LogP contribution in [0.4, 0.5) is 0 Å². The van der Waals surface area contributed by atoms with Gasteiger partial charge < -0.3 is 14.9 Å². The molecular formula is C11H20N2O2. The van der Waals surface area contributed by atoms with Gasteiger partial charge in [-0.3, -0.25) is 0 Å². The van der Waals surface area contributed by atoms with E-state index in [9.17, 15) is 0 Å². The molecule has 0 unspecified atom stereocenters. The van der Waals surface area contributed by atoms with Crippen LogP contribution >= 0.6 is 0 Å². The fraction of sp³-hybridized carbons (Fsp3) is 0.727. The molecule has 0 bridgehead atoms. The van der Waals surface area contributed by atoms with Crippen LogP contribution in [0, 0.1) is 0 Å². The molecule has 0 saturated carbocycles. The number of nitrogens with zero attached hydrogens (tertiary/aromatic N) is 1. The second-order valence-electron chi connectivity index (χ2n) is 4.51. The Morgan fingerprint density at radius 1 is 1.47 bits per heavy atom. The van der Waals surface area contributed by atoms with E-state index in [-0.39, 0.29) is 5.60 Å². The minimum absolute atomic E-state index is 0.149. The molecule has 1 heterocycles. The van der Waals surface area contributed by atoms with Gasteiger partial charge in [0, 0.05) is 6.42 Å². The molecular weight excluding hydrogens is 192 g/mol. The van der Waals surface area contributed by atoms with Gasteiger partial charge in [-0.2, -0.15) is 0 Å². The second-order valence-corrected chi connectivity index (χ2v) is 4.51. The molecule has 0 spiro atoms. The maximum absolute atomic E-state index is 5.57. The summed E-state index contributed by atoms with van der Waals surface area (Å²) in [6.07, 6.45) is 3.42. The number of hydrogen-bond acceptors (Lipinski definition) is 4. The molecule has 1 aromatic heterocycles. The molecule has 0 aliphatic carbocycles. The van der Waals surface area contributed by atoms with Gasteiger partial charge in [0.25, 0.3) is 0 Å². The zero-order chi connectivity index (χ0) is 11.3. The van der Waals surface area contributed by atoms with Gasteiger partial charge in [-0.05, 0) is 33.7 Å². The first kappa shape index (κ1) is 12.2. The molecule has 1 rings (SSSR count). The summed E-state index contributed by atoms with van der Waals surface area (Å²) in [6, 6.07) is 0. The Morgan fingerprint density at radius 3 is 2.80 bits per heavy atom. The summed E-state index contributed by atoms with van der Waals surface area (Å²) < 4.78 is 11.1. The van der Waals surface area contributed by atoms with E-state index in [1.807, 2.05) is 20.8 Å². The lowest BCUT2D eigenvalue weighted by Gasteiger charge is -2.18. The van der Waals surface area contributed by atoms with Crippen molar-refractivity contribution in [3.63, 3.8) is 0 Å². The van der Waals surface area contributed by atoms with Gasteiger partial charge in [-0.25, -0.2) is 4.98 Å². The van der Waals surface area contributed by atoms with E-state index in [2.05, 4.69) is 4.98 Å². The number of nitrogens with two attached hydrogens (primary N) is 1. The van der Waals surface area contributed by atoms with Gasteiger partial charge in [0.1, 0.15) is 12.4 Å². The molecule has 0 saturated heterocycles. The fourth-order valence-electron chi connectivity index (χ4n) is 1.07. The van der Waals surface area contributed by atoms with Crippen LogP contribution < -0.4 is 5.73 Å². The lowest BCUT2D eigenvalue weighted by Crippen LogP contribution is -2.18. The Morgan fingerprint density at radius 2 is 2.20 bits per heavy atom. The third kappa shape index (κ3) is 4.95. The number of hydrogen-bond donors (Lipinski definition) is 1. The molecule has 0 fully saturated rings. The summed E-state index contributed by atoms with van der Waals surface area (Å²) >= 11 is 0. The lowest BCUT2D eigenvalue weighted by molar-refractivity contribution is -0.0227. The maximum Gasteiger partial charge on any atom is 0.194 e. The number of aromatic nitrogens is 1. The zero-order valence-electron chi connectivity index (χ0n) is 9.75. The second kappa shape index (κ2) is 5.28. The highest BCUT2D eigenvalue weighted by Gasteiger charge is 2.12. The summed E-state index contributed by atoms with van der Waals surface area (Å²) in [7, 11) is 0. The van der Waals surface area contributed by atoms with Gasteiger partial charge in [-0.15, -0.1) is 0 Å². The van der Waals surface area contributed by atoms with Gasteiger partial charge >= 0.3 is 0 Å². The van der Waals surface area contributed by atoms with Crippen LogP contribution in [0.15, 0.2) is 10.6 Å². The topological polar surface area (TPSA) is 61.3 Å². The number of aryl methyl sites for hydroxylation is 1. The Kier molecular flexibility index (Phi) is 4.29.